The van der Waals surface area contributed by atoms with Gasteiger partial charge >= 0.3 is 0 Å². The first-order valence-electron chi connectivity index (χ1n) is 7.29. The molecule has 0 aromatic heterocycles. The van der Waals surface area contributed by atoms with Crippen LogP contribution in [0.3, 0.4) is 0 Å². The van der Waals surface area contributed by atoms with E-state index in [1.165, 1.54) is 0 Å². The number of piperazine rings is 1. The summed E-state index contributed by atoms with van der Waals surface area (Å²) in [5, 5.41) is 0. The third-order valence-electron chi connectivity index (χ3n) is 3.79. The van der Waals surface area contributed by atoms with Gasteiger partial charge in [-0.05, 0) is 33.2 Å². The van der Waals surface area contributed by atoms with Gasteiger partial charge in [-0.25, -0.2) is 0 Å². The molecule has 0 N–H and O–H groups in total. The van der Waals surface area contributed by atoms with Gasteiger partial charge in [0.15, 0.2) is 0 Å². The summed E-state index contributed by atoms with van der Waals surface area (Å²) < 4.78 is 0. The highest BCUT2D eigenvalue weighted by Crippen LogP contribution is 2.10. The number of rotatable bonds is 4. The fourth-order valence-electron chi connectivity index (χ4n) is 2.48. The molecule has 1 heterocycles. The van der Waals surface area contributed by atoms with Gasteiger partial charge in [0.2, 0.25) is 0 Å². The predicted molar refractivity (Wildman–Crippen MR) is 82.1 cm³/mol. The average molecular weight is 275 g/mol. The maximum Gasteiger partial charge on any atom is 0.253 e. The first kappa shape index (κ1) is 15.0. The fraction of sp³-hybridized carbons (Fsp3) is 0.562. The van der Waals surface area contributed by atoms with Crippen molar-refractivity contribution in [2.24, 2.45) is 0 Å². The van der Waals surface area contributed by atoms with E-state index in [0.29, 0.717) is 0 Å². The maximum atomic E-state index is 12.4. The van der Waals surface area contributed by atoms with E-state index in [1.807, 2.05) is 36.1 Å². The lowest BCUT2D eigenvalue weighted by molar-refractivity contribution is 0.0629. The molecule has 1 amide bonds. The first-order valence-corrected chi connectivity index (χ1v) is 7.29. The molecule has 0 saturated carbocycles. The number of likely N-dealkylation sites (N-methyl/N-ethyl adjacent to an activating group) is 1. The summed E-state index contributed by atoms with van der Waals surface area (Å²) in [4.78, 5) is 19.0. The maximum absolute atomic E-state index is 12.4. The van der Waals surface area contributed by atoms with E-state index in [4.69, 9.17) is 0 Å². The van der Waals surface area contributed by atoms with E-state index in [9.17, 15) is 4.79 Å². The number of nitrogens with zero attached hydrogens (tertiary/aromatic N) is 3. The number of hydrogen-bond acceptors (Lipinski definition) is 3. The third-order valence-corrected chi connectivity index (χ3v) is 3.79. The largest absolute Gasteiger partial charge is 0.336 e. The van der Waals surface area contributed by atoms with Crippen molar-refractivity contribution in [2.75, 3.05) is 53.4 Å². The van der Waals surface area contributed by atoms with Gasteiger partial charge in [-0.1, -0.05) is 17.7 Å². The van der Waals surface area contributed by atoms with Crippen molar-refractivity contribution in [2.45, 2.75) is 6.92 Å². The zero-order chi connectivity index (χ0) is 14.5. The molecule has 1 aromatic carbocycles. The van der Waals surface area contributed by atoms with Crippen LogP contribution in [0.5, 0.6) is 0 Å². The lowest BCUT2D eigenvalue weighted by Crippen LogP contribution is -2.49. The van der Waals surface area contributed by atoms with Crippen LogP contribution in [0.25, 0.3) is 0 Å². The van der Waals surface area contributed by atoms with Crippen LogP contribution in [0.2, 0.25) is 0 Å². The molecule has 4 heteroatoms. The van der Waals surface area contributed by atoms with Crippen molar-refractivity contribution < 1.29 is 4.79 Å². The number of hydrogen-bond donors (Lipinski definition) is 0. The molecule has 2 rings (SSSR count). The standard InChI is InChI=1S/C16H25N3O/c1-14-5-4-6-15(13-14)16(20)19-11-9-18(10-12-19)8-7-17(2)3/h4-6,13H,7-12H2,1-3H3. The highest BCUT2D eigenvalue weighted by atomic mass is 16.2. The molecular weight excluding hydrogens is 250 g/mol. The Labute approximate surface area is 122 Å². The van der Waals surface area contributed by atoms with Crippen LogP contribution in [0.1, 0.15) is 15.9 Å². The zero-order valence-corrected chi connectivity index (χ0v) is 12.8. The van der Waals surface area contributed by atoms with E-state index in [1.54, 1.807) is 0 Å². The topological polar surface area (TPSA) is 26.8 Å². The van der Waals surface area contributed by atoms with Gasteiger partial charge in [0, 0.05) is 44.8 Å². The third kappa shape index (κ3) is 4.05. The highest BCUT2D eigenvalue weighted by molar-refractivity contribution is 5.94. The smallest absolute Gasteiger partial charge is 0.253 e. The molecule has 20 heavy (non-hydrogen) atoms. The van der Waals surface area contributed by atoms with Gasteiger partial charge < -0.3 is 9.80 Å². The second kappa shape index (κ2) is 6.86. The van der Waals surface area contributed by atoms with E-state index in [-0.39, 0.29) is 5.91 Å². The van der Waals surface area contributed by atoms with Gasteiger partial charge in [0.25, 0.3) is 5.91 Å². The number of carbonyl (C=O) groups excluding carboxylic acids is 1. The van der Waals surface area contributed by atoms with Gasteiger partial charge in [-0.3, -0.25) is 9.69 Å². The summed E-state index contributed by atoms with van der Waals surface area (Å²) in [5.41, 5.74) is 1.95. The van der Waals surface area contributed by atoms with Crippen molar-refractivity contribution in [3.8, 4) is 0 Å². The van der Waals surface area contributed by atoms with Gasteiger partial charge in [-0.2, -0.15) is 0 Å². The zero-order valence-electron chi connectivity index (χ0n) is 12.8. The number of aryl methyl sites for hydroxylation is 1. The second-order valence-electron chi connectivity index (χ2n) is 5.81. The Kier molecular flexibility index (Phi) is 5.15. The monoisotopic (exact) mass is 275 g/mol. The minimum absolute atomic E-state index is 0.168. The Balaban J connectivity index is 1.86. The van der Waals surface area contributed by atoms with Crippen molar-refractivity contribution in [1.82, 2.24) is 14.7 Å². The molecule has 0 radical (unpaired) electrons. The summed E-state index contributed by atoms with van der Waals surface area (Å²) in [5.74, 6) is 0.168. The van der Waals surface area contributed by atoms with Crippen LogP contribution in [0, 0.1) is 6.92 Å². The normalized spacial score (nSPS) is 16.7. The summed E-state index contributed by atoms with van der Waals surface area (Å²) in [6.45, 7) is 7.80. The molecule has 1 aliphatic heterocycles. The Morgan fingerprint density at radius 1 is 1.20 bits per heavy atom. The van der Waals surface area contributed by atoms with Crippen molar-refractivity contribution >= 4 is 5.91 Å². The Hall–Kier alpha value is -1.39. The van der Waals surface area contributed by atoms with Gasteiger partial charge in [-0.15, -0.1) is 0 Å². The number of amides is 1. The number of benzene rings is 1. The first-order chi connectivity index (χ1) is 9.56. The minimum atomic E-state index is 0.168. The van der Waals surface area contributed by atoms with E-state index < -0.39 is 0 Å². The molecule has 0 bridgehead atoms. The van der Waals surface area contributed by atoms with Crippen LogP contribution in [0.15, 0.2) is 24.3 Å². The highest BCUT2D eigenvalue weighted by Gasteiger charge is 2.21. The Morgan fingerprint density at radius 3 is 2.50 bits per heavy atom. The van der Waals surface area contributed by atoms with Crippen molar-refractivity contribution in [3.05, 3.63) is 35.4 Å². The molecule has 4 nitrogen and oxygen atoms in total. The lowest BCUT2D eigenvalue weighted by Gasteiger charge is -2.35. The summed E-state index contributed by atoms with van der Waals surface area (Å²) in [7, 11) is 4.19. The van der Waals surface area contributed by atoms with Crippen LogP contribution in [0.4, 0.5) is 0 Å². The van der Waals surface area contributed by atoms with E-state index in [0.717, 1.165) is 50.4 Å². The number of carbonyl (C=O) groups is 1. The van der Waals surface area contributed by atoms with Crippen molar-refractivity contribution in [1.29, 1.82) is 0 Å². The Morgan fingerprint density at radius 2 is 1.90 bits per heavy atom. The molecule has 1 fully saturated rings. The molecule has 110 valence electrons. The molecule has 1 aromatic rings. The fourth-order valence-corrected chi connectivity index (χ4v) is 2.48. The molecule has 1 saturated heterocycles. The quantitative estimate of drug-likeness (QED) is 0.829. The Bertz CT molecular complexity index is 451. The molecule has 0 unspecified atom stereocenters. The summed E-state index contributed by atoms with van der Waals surface area (Å²) >= 11 is 0. The summed E-state index contributed by atoms with van der Waals surface area (Å²) in [6.07, 6.45) is 0. The molecule has 0 atom stereocenters. The van der Waals surface area contributed by atoms with Crippen LogP contribution in [-0.2, 0) is 0 Å². The predicted octanol–water partition coefficient (Wildman–Crippen LogP) is 1.31. The van der Waals surface area contributed by atoms with E-state index in [2.05, 4.69) is 23.9 Å². The van der Waals surface area contributed by atoms with Gasteiger partial charge in [0.1, 0.15) is 0 Å². The van der Waals surface area contributed by atoms with Crippen LogP contribution >= 0.6 is 0 Å². The lowest BCUT2D eigenvalue weighted by atomic mass is 10.1. The van der Waals surface area contributed by atoms with Crippen LogP contribution < -0.4 is 0 Å². The molecule has 0 spiro atoms. The van der Waals surface area contributed by atoms with E-state index >= 15 is 0 Å². The second-order valence-corrected chi connectivity index (χ2v) is 5.81. The van der Waals surface area contributed by atoms with Crippen molar-refractivity contribution in [3.63, 3.8) is 0 Å². The molecular formula is C16H25N3O. The van der Waals surface area contributed by atoms with Crippen LogP contribution in [-0.4, -0.2) is 74.0 Å². The molecule has 0 aliphatic carbocycles. The average Bonchev–Trinajstić information content (AvgIpc) is 2.45. The summed E-state index contributed by atoms with van der Waals surface area (Å²) in [6, 6.07) is 7.86. The minimum Gasteiger partial charge on any atom is -0.336 e. The molecule has 1 aliphatic rings. The van der Waals surface area contributed by atoms with Gasteiger partial charge in [0.05, 0.1) is 0 Å². The SMILES string of the molecule is Cc1cccc(C(=O)N2CCN(CCN(C)C)CC2)c1.